The van der Waals surface area contributed by atoms with Crippen LogP contribution in [0.15, 0.2) is 57.4 Å². The number of methoxy groups -OCH3 is 1. The van der Waals surface area contributed by atoms with Crippen molar-refractivity contribution in [1.29, 1.82) is 0 Å². The molecule has 0 aliphatic carbocycles. The van der Waals surface area contributed by atoms with E-state index in [9.17, 15) is 4.79 Å². The van der Waals surface area contributed by atoms with Crippen LogP contribution < -0.4 is 0 Å². The first kappa shape index (κ1) is 18.2. The second-order valence-electron chi connectivity index (χ2n) is 5.92. The van der Waals surface area contributed by atoms with Crippen LogP contribution in [0.25, 0.3) is 22.4 Å². The summed E-state index contributed by atoms with van der Waals surface area (Å²) in [6.45, 7) is 0.0472. The third-order valence-electron chi connectivity index (χ3n) is 4.06. The number of carbonyl (C=O) groups is 1. The Balaban J connectivity index is 1.50. The number of para-hydroxylation sites is 1. The lowest BCUT2D eigenvalue weighted by molar-refractivity contribution is 0.0399. The minimum atomic E-state index is -0.630. The number of ether oxygens (including phenoxy) is 2. The van der Waals surface area contributed by atoms with Gasteiger partial charge in [-0.1, -0.05) is 29.8 Å². The zero-order valence-corrected chi connectivity index (χ0v) is 15.6. The van der Waals surface area contributed by atoms with Crippen LogP contribution in [-0.2, 0) is 22.7 Å². The standard InChI is InChI=1S/C20H15ClN2O5/c1-25-10-15-14-4-2-3-5-16(14)27-18(15)20(24)26-11-17-22-23-19(28-17)12-6-8-13(21)9-7-12/h2-9H,10-11H2,1H3. The Labute approximate surface area is 164 Å². The number of halogens is 1. The maximum atomic E-state index is 12.5. The Morgan fingerprint density at radius 3 is 2.61 bits per heavy atom. The summed E-state index contributed by atoms with van der Waals surface area (Å²) in [5.74, 6) is -0.0517. The first-order valence-corrected chi connectivity index (χ1v) is 8.78. The van der Waals surface area contributed by atoms with Crippen LogP contribution in [0.5, 0.6) is 0 Å². The summed E-state index contributed by atoms with van der Waals surface area (Å²) in [6, 6.07) is 14.3. The molecule has 8 heteroatoms. The minimum Gasteiger partial charge on any atom is -0.450 e. The van der Waals surface area contributed by atoms with Gasteiger partial charge in [-0.05, 0) is 30.3 Å². The molecule has 28 heavy (non-hydrogen) atoms. The summed E-state index contributed by atoms with van der Waals surface area (Å²) < 4.78 is 21.7. The average Bonchev–Trinajstić information content (AvgIpc) is 3.32. The second kappa shape index (κ2) is 7.84. The van der Waals surface area contributed by atoms with Crippen LogP contribution >= 0.6 is 11.6 Å². The molecule has 2 heterocycles. The number of furan rings is 1. The fraction of sp³-hybridized carbons (Fsp3) is 0.150. The number of carbonyl (C=O) groups excluding carboxylic acids is 1. The molecular weight excluding hydrogens is 384 g/mol. The maximum Gasteiger partial charge on any atom is 0.375 e. The van der Waals surface area contributed by atoms with Crippen molar-refractivity contribution in [2.24, 2.45) is 0 Å². The van der Waals surface area contributed by atoms with Crippen molar-refractivity contribution >= 4 is 28.5 Å². The minimum absolute atomic E-state index is 0.0977. The van der Waals surface area contributed by atoms with Gasteiger partial charge < -0.3 is 18.3 Å². The molecule has 0 aliphatic heterocycles. The van der Waals surface area contributed by atoms with Crippen LogP contribution in [0.2, 0.25) is 5.02 Å². The Bertz CT molecular complexity index is 1120. The SMILES string of the molecule is COCc1c(C(=O)OCc2nnc(-c3ccc(Cl)cc3)o2)oc2ccccc12. The third-order valence-corrected chi connectivity index (χ3v) is 4.31. The summed E-state index contributed by atoms with van der Waals surface area (Å²) in [7, 11) is 1.55. The molecule has 0 unspecified atom stereocenters. The van der Waals surface area contributed by atoms with Crippen molar-refractivity contribution in [3.05, 3.63) is 70.8 Å². The van der Waals surface area contributed by atoms with Crippen LogP contribution in [-0.4, -0.2) is 23.3 Å². The molecule has 0 aliphatic rings. The number of esters is 1. The fourth-order valence-corrected chi connectivity index (χ4v) is 2.89. The molecule has 7 nitrogen and oxygen atoms in total. The number of hydrogen-bond acceptors (Lipinski definition) is 7. The topological polar surface area (TPSA) is 87.6 Å². The number of aromatic nitrogens is 2. The smallest absolute Gasteiger partial charge is 0.375 e. The van der Waals surface area contributed by atoms with E-state index in [1.54, 1.807) is 37.4 Å². The van der Waals surface area contributed by atoms with Crippen molar-refractivity contribution in [1.82, 2.24) is 10.2 Å². The first-order chi connectivity index (χ1) is 13.7. The molecular formula is C20H15ClN2O5. The van der Waals surface area contributed by atoms with E-state index in [4.69, 9.17) is 29.9 Å². The number of rotatable bonds is 6. The van der Waals surface area contributed by atoms with Crippen molar-refractivity contribution < 1.29 is 23.1 Å². The van der Waals surface area contributed by atoms with Gasteiger partial charge in [0.25, 0.3) is 5.89 Å². The number of hydrogen-bond donors (Lipinski definition) is 0. The zero-order valence-electron chi connectivity index (χ0n) is 14.8. The highest BCUT2D eigenvalue weighted by Crippen LogP contribution is 2.27. The monoisotopic (exact) mass is 398 g/mol. The molecule has 0 fully saturated rings. The van der Waals surface area contributed by atoms with E-state index in [0.717, 1.165) is 5.39 Å². The summed E-state index contributed by atoms with van der Waals surface area (Å²) in [6.07, 6.45) is 0. The molecule has 0 radical (unpaired) electrons. The Morgan fingerprint density at radius 1 is 1.04 bits per heavy atom. The molecule has 4 rings (SSSR count). The normalized spacial score (nSPS) is 11.1. The largest absolute Gasteiger partial charge is 0.450 e. The number of nitrogens with zero attached hydrogens (tertiary/aromatic N) is 2. The van der Waals surface area contributed by atoms with E-state index in [1.165, 1.54) is 0 Å². The van der Waals surface area contributed by atoms with Crippen LogP contribution in [0, 0.1) is 0 Å². The van der Waals surface area contributed by atoms with E-state index in [2.05, 4.69) is 10.2 Å². The highest BCUT2D eigenvalue weighted by atomic mass is 35.5. The zero-order chi connectivity index (χ0) is 19.5. The van der Waals surface area contributed by atoms with Crippen LogP contribution in [0.1, 0.15) is 22.0 Å². The molecule has 0 bridgehead atoms. The molecule has 2 aromatic carbocycles. The van der Waals surface area contributed by atoms with Gasteiger partial charge in [0.15, 0.2) is 6.61 Å². The molecule has 4 aromatic rings. The van der Waals surface area contributed by atoms with Crippen molar-refractivity contribution in [2.75, 3.05) is 7.11 Å². The van der Waals surface area contributed by atoms with Gasteiger partial charge in [0.05, 0.1) is 6.61 Å². The quantitative estimate of drug-likeness (QED) is 0.437. The molecule has 0 saturated heterocycles. The fourth-order valence-electron chi connectivity index (χ4n) is 2.77. The van der Waals surface area contributed by atoms with E-state index < -0.39 is 5.97 Å². The number of fused-ring (bicyclic) bond motifs is 1. The van der Waals surface area contributed by atoms with Gasteiger partial charge >= 0.3 is 5.97 Å². The molecule has 0 amide bonds. The molecule has 0 atom stereocenters. The average molecular weight is 399 g/mol. The Morgan fingerprint density at radius 2 is 1.82 bits per heavy atom. The van der Waals surface area contributed by atoms with Crippen molar-refractivity contribution in [2.45, 2.75) is 13.2 Å². The van der Waals surface area contributed by atoms with E-state index >= 15 is 0 Å². The summed E-state index contributed by atoms with van der Waals surface area (Å²) in [5.41, 5.74) is 1.94. The second-order valence-corrected chi connectivity index (χ2v) is 6.36. The van der Waals surface area contributed by atoms with Gasteiger partial charge in [-0.3, -0.25) is 0 Å². The highest BCUT2D eigenvalue weighted by Gasteiger charge is 2.22. The van der Waals surface area contributed by atoms with Gasteiger partial charge in [-0.25, -0.2) is 4.79 Å². The maximum absolute atomic E-state index is 12.5. The Kier molecular flexibility index (Phi) is 5.10. The van der Waals surface area contributed by atoms with Crippen LogP contribution in [0.3, 0.4) is 0 Å². The lowest BCUT2D eigenvalue weighted by atomic mass is 10.1. The van der Waals surface area contributed by atoms with Gasteiger partial charge in [-0.2, -0.15) is 0 Å². The first-order valence-electron chi connectivity index (χ1n) is 8.40. The van der Waals surface area contributed by atoms with E-state index in [0.29, 0.717) is 27.6 Å². The lowest BCUT2D eigenvalue weighted by Gasteiger charge is -2.02. The number of benzene rings is 2. The highest BCUT2D eigenvalue weighted by molar-refractivity contribution is 6.30. The molecule has 142 valence electrons. The van der Waals surface area contributed by atoms with Gasteiger partial charge in [0, 0.05) is 28.6 Å². The van der Waals surface area contributed by atoms with Crippen molar-refractivity contribution in [3.8, 4) is 11.5 Å². The van der Waals surface area contributed by atoms with Crippen LogP contribution in [0.4, 0.5) is 0 Å². The molecule has 2 aromatic heterocycles. The van der Waals surface area contributed by atoms with E-state index in [-0.39, 0.29) is 24.9 Å². The lowest BCUT2D eigenvalue weighted by Crippen LogP contribution is -2.07. The molecule has 0 saturated carbocycles. The predicted molar refractivity (Wildman–Crippen MR) is 101 cm³/mol. The van der Waals surface area contributed by atoms with E-state index in [1.807, 2.05) is 18.2 Å². The van der Waals surface area contributed by atoms with Gasteiger partial charge in [-0.15, -0.1) is 10.2 Å². The predicted octanol–water partition coefficient (Wildman–Crippen LogP) is 4.64. The van der Waals surface area contributed by atoms with Gasteiger partial charge in [0.2, 0.25) is 11.7 Å². The summed E-state index contributed by atoms with van der Waals surface area (Å²) in [4.78, 5) is 12.5. The Hall–Kier alpha value is -3.16. The molecule has 0 N–H and O–H groups in total. The molecule has 0 spiro atoms. The summed E-state index contributed by atoms with van der Waals surface area (Å²) >= 11 is 5.87. The summed E-state index contributed by atoms with van der Waals surface area (Å²) in [5, 5.41) is 9.27. The third kappa shape index (κ3) is 3.62. The van der Waals surface area contributed by atoms with Gasteiger partial charge in [0.1, 0.15) is 5.58 Å². The van der Waals surface area contributed by atoms with Crippen molar-refractivity contribution in [3.63, 3.8) is 0 Å².